The molecule has 0 bridgehead atoms. The van der Waals surface area contributed by atoms with Crippen molar-refractivity contribution in [3.63, 3.8) is 0 Å². The molecule has 1 aromatic heterocycles. The Hall–Kier alpha value is -1.14. The number of nitrogens with zero attached hydrogens (tertiary/aromatic N) is 2. The molecule has 1 aliphatic rings. The first-order valence-corrected chi connectivity index (χ1v) is 8.47. The maximum atomic E-state index is 12.5. The van der Waals surface area contributed by atoms with Crippen molar-refractivity contribution in [2.75, 3.05) is 0 Å². The molecular weight excluding hydrogens is 398 g/mol. The second-order valence-electron chi connectivity index (χ2n) is 5.21. The van der Waals surface area contributed by atoms with Crippen molar-refractivity contribution in [2.45, 2.75) is 31.3 Å². The van der Waals surface area contributed by atoms with Gasteiger partial charge in [0.15, 0.2) is 0 Å². The first-order chi connectivity index (χ1) is 10.1. The Labute approximate surface area is 140 Å². The number of rotatable bonds is 3. The van der Waals surface area contributed by atoms with Gasteiger partial charge in [-0.2, -0.15) is 0 Å². The minimum absolute atomic E-state index is 0.0415. The molecule has 1 aromatic carbocycles. The summed E-state index contributed by atoms with van der Waals surface area (Å²) in [5, 5.41) is 3.16. The van der Waals surface area contributed by atoms with E-state index < -0.39 is 0 Å². The van der Waals surface area contributed by atoms with Gasteiger partial charge in [0.25, 0.3) is 5.91 Å². The van der Waals surface area contributed by atoms with Crippen molar-refractivity contribution in [3.05, 3.63) is 51.4 Å². The van der Waals surface area contributed by atoms with Crippen molar-refractivity contribution in [1.82, 2.24) is 14.9 Å². The third kappa shape index (κ3) is 3.21. The van der Waals surface area contributed by atoms with Gasteiger partial charge in [-0.05, 0) is 53.4 Å². The summed E-state index contributed by atoms with van der Waals surface area (Å²) in [7, 11) is 0. The Morgan fingerprint density at radius 1 is 1.33 bits per heavy atom. The highest BCUT2D eigenvalue weighted by molar-refractivity contribution is 9.11. The third-order valence-corrected chi connectivity index (χ3v) is 5.06. The summed E-state index contributed by atoms with van der Waals surface area (Å²) in [4.78, 5) is 16.6. The van der Waals surface area contributed by atoms with Gasteiger partial charge in [0, 0.05) is 27.4 Å². The van der Waals surface area contributed by atoms with Gasteiger partial charge < -0.3 is 9.88 Å². The van der Waals surface area contributed by atoms with Crippen molar-refractivity contribution in [3.8, 4) is 0 Å². The molecule has 3 rings (SSSR count). The van der Waals surface area contributed by atoms with Gasteiger partial charge in [-0.15, -0.1) is 0 Å². The molecule has 21 heavy (non-hydrogen) atoms. The molecule has 0 aliphatic heterocycles. The van der Waals surface area contributed by atoms with Crippen LogP contribution in [0.1, 0.15) is 35.7 Å². The maximum Gasteiger partial charge on any atom is 0.252 e. The normalized spacial score (nSPS) is 21.4. The molecule has 0 saturated heterocycles. The highest BCUT2D eigenvalue weighted by Gasteiger charge is 2.30. The summed E-state index contributed by atoms with van der Waals surface area (Å²) < 4.78 is 3.79. The first-order valence-electron chi connectivity index (χ1n) is 6.88. The van der Waals surface area contributed by atoms with Crippen LogP contribution in [0.3, 0.4) is 0 Å². The lowest BCUT2D eigenvalue weighted by atomic mass is 10.1. The van der Waals surface area contributed by atoms with Gasteiger partial charge in [0.2, 0.25) is 0 Å². The van der Waals surface area contributed by atoms with Gasteiger partial charge >= 0.3 is 0 Å². The van der Waals surface area contributed by atoms with E-state index in [-0.39, 0.29) is 11.9 Å². The highest BCUT2D eigenvalue weighted by atomic mass is 79.9. The summed E-state index contributed by atoms with van der Waals surface area (Å²) in [5.74, 6) is -0.0415. The van der Waals surface area contributed by atoms with E-state index in [0.717, 1.165) is 28.2 Å². The number of hydrogen-bond acceptors (Lipinski definition) is 2. The van der Waals surface area contributed by atoms with E-state index in [1.165, 1.54) is 0 Å². The van der Waals surface area contributed by atoms with E-state index in [2.05, 4.69) is 46.7 Å². The van der Waals surface area contributed by atoms with Crippen LogP contribution in [0.25, 0.3) is 0 Å². The Balaban J connectivity index is 1.76. The van der Waals surface area contributed by atoms with E-state index in [1.54, 1.807) is 6.20 Å². The van der Waals surface area contributed by atoms with Crippen LogP contribution in [-0.2, 0) is 0 Å². The monoisotopic (exact) mass is 411 g/mol. The quantitative estimate of drug-likeness (QED) is 0.829. The number of aromatic nitrogens is 2. The SMILES string of the molecule is O=C(NC1CCCC1n1ccnc1)c1cc(Br)ccc1Br. The lowest BCUT2D eigenvalue weighted by Crippen LogP contribution is -2.38. The second kappa shape index (κ2) is 6.32. The molecule has 1 amide bonds. The van der Waals surface area contributed by atoms with Crippen molar-refractivity contribution >= 4 is 37.8 Å². The fourth-order valence-electron chi connectivity index (χ4n) is 2.85. The molecule has 0 radical (unpaired) electrons. The van der Waals surface area contributed by atoms with Crippen LogP contribution in [-0.4, -0.2) is 21.5 Å². The van der Waals surface area contributed by atoms with E-state index in [0.29, 0.717) is 11.6 Å². The number of halogens is 2. The number of carbonyl (C=O) groups excluding carboxylic acids is 1. The van der Waals surface area contributed by atoms with E-state index in [1.807, 2.05) is 30.7 Å². The Kier molecular flexibility index (Phi) is 4.45. The van der Waals surface area contributed by atoms with Crippen LogP contribution in [0.5, 0.6) is 0 Å². The van der Waals surface area contributed by atoms with Crippen molar-refractivity contribution in [2.24, 2.45) is 0 Å². The summed E-state index contributed by atoms with van der Waals surface area (Å²) in [6.45, 7) is 0. The number of benzene rings is 1. The molecule has 1 aliphatic carbocycles. The largest absolute Gasteiger partial charge is 0.347 e. The average Bonchev–Trinajstić information content (AvgIpc) is 3.11. The minimum Gasteiger partial charge on any atom is -0.347 e. The smallest absolute Gasteiger partial charge is 0.252 e. The number of carbonyl (C=O) groups is 1. The predicted octanol–water partition coefficient (Wildman–Crippen LogP) is 3.93. The molecule has 4 nitrogen and oxygen atoms in total. The van der Waals surface area contributed by atoms with Crippen LogP contribution in [0, 0.1) is 0 Å². The summed E-state index contributed by atoms with van der Waals surface area (Å²) in [5.41, 5.74) is 0.653. The molecule has 0 spiro atoms. The Morgan fingerprint density at radius 3 is 2.95 bits per heavy atom. The number of nitrogens with one attached hydrogen (secondary N) is 1. The van der Waals surface area contributed by atoms with E-state index >= 15 is 0 Å². The minimum atomic E-state index is -0.0415. The van der Waals surface area contributed by atoms with Crippen LogP contribution in [0.4, 0.5) is 0 Å². The molecule has 1 fully saturated rings. The lowest BCUT2D eigenvalue weighted by Gasteiger charge is -2.22. The van der Waals surface area contributed by atoms with Crippen LogP contribution >= 0.6 is 31.9 Å². The fourth-order valence-corrected chi connectivity index (χ4v) is 3.64. The third-order valence-electron chi connectivity index (χ3n) is 3.88. The molecule has 110 valence electrons. The zero-order valence-electron chi connectivity index (χ0n) is 11.3. The fraction of sp³-hybridized carbons (Fsp3) is 0.333. The van der Waals surface area contributed by atoms with E-state index in [4.69, 9.17) is 0 Å². The molecule has 6 heteroatoms. The van der Waals surface area contributed by atoms with Gasteiger partial charge in [0.05, 0.1) is 17.9 Å². The lowest BCUT2D eigenvalue weighted by molar-refractivity contribution is 0.0928. The molecule has 1 N–H and O–H groups in total. The van der Waals surface area contributed by atoms with Gasteiger partial charge in [0.1, 0.15) is 0 Å². The topological polar surface area (TPSA) is 46.9 Å². The van der Waals surface area contributed by atoms with Gasteiger partial charge in [-0.3, -0.25) is 4.79 Å². The first kappa shape index (κ1) is 14.8. The summed E-state index contributed by atoms with van der Waals surface area (Å²) >= 11 is 6.84. The molecule has 2 unspecified atom stereocenters. The molecule has 2 atom stereocenters. The summed E-state index contributed by atoms with van der Waals surface area (Å²) in [6, 6.07) is 6.06. The molecular formula is C15H15Br2N3O. The zero-order valence-corrected chi connectivity index (χ0v) is 14.5. The summed E-state index contributed by atoms with van der Waals surface area (Å²) in [6.07, 6.45) is 8.76. The molecule has 1 heterocycles. The number of hydrogen-bond donors (Lipinski definition) is 1. The van der Waals surface area contributed by atoms with E-state index in [9.17, 15) is 4.79 Å². The van der Waals surface area contributed by atoms with Crippen LogP contribution < -0.4 is 5.32 Å². The standard InChI is InChI=1S/C15H15Br2N3O/c16-10-4-5-12(17)11(8-10)15(21)19-13-2-1-3-14(13)20-7-6-18-9-20/h4-9,13-14H,1-3H2,(H,19,21). The highest BCUT2D eigenvalue weighted by Crippen LogP contribution is 2.30. The van der Waals surface area contributed by atoms with Crippen LogP contribution in [0.2, 0.25) is 0 Å². The number of amides is 1. The van der Waals surface area contributed by atoms with Crippen molar-refractivity contribution < 1.29 is 4.79 Å². The molecule has 2 aromatic rings. The number of imidazole rings is 1. The van der Waals surface area contributed by atoms with Gasteiger partial charge in [-0.25, -0.2) is 4.98 Å². The van der Waals surface area contributed by atoms with Gasteiger partial charge in [-0.1, -0.05) is 15.9 Å². The maximum absolute atomic E-state index is 12.5. The Bertz CT molecular complexity index is 642. The average molecular weight is 413 g/mol. The predicted molar refractivity (Wildman–Crippen MR) is 88.2 cm³/mol. The Morgan fingerprint density at radius 2 is 2.19 bits per heavy atom. The zero-order chi connectivity index (χ0) is 14.8. The van der Waals surface area contributed by atoms with Crippen LogP contribution in [0.15, 0.2) is 45.9 Å². The molecule has 1 saturated carbocycles. The second-order valence-corrected chi connectivity index (χ2v) is 6.98. The van der Waals surface area contributed by atoms with Crippen molar-refractivity contribution in [1.29, 1.82) is 0 Å².